The van der Waals surface area contributed by atoms with Gasteiger partial charge in [0.1, 0.15) is 0 Å². The van der Waals surface area contributed by atoms with Crippen LogP contribution in [0.25, 0.3) is 0 Å². The highest BCUT2D eigenvalue weighted by Gasteiger charge is 2.27. The molecule has 0 aromatic heterocycles. The molecular formula is C16H36N4. The van der Waals surface area contributed by atoms with Crippen molar-refractivity contribution in [3.05, 3.63) is 0 Å². The first-order valence-corrected chi connectivity index (χ1v) is 8.15. The van der Waals surface area contributed by atoms with Gasteiger partial charge < -0.3 is 10.2 Å². The van der Waals surface area contributed by atoms with Crippen LogP contribution in [-0.2, 0) is 0 Å². The van der Waals surface area contributed by atoms with E-state index in [4.69, 9.17) is 0 Å². The third kappa shape index (κ3) is 6.53. The van der Waals surface area contributed by atoms with Crippen molar-refractivity contribution >= 4 is 0 Å². The summed E-state index contributed by atoms with van der Waals surface area (Å²) in [6, 6.07) is 0.584. The second-order valence-electron chi connectivity index (χ2n) is 7.42. The van der Waals surface area contributed by atoms with Gasteiger partial charge in [0.2, 0.25) is 0 Å². The van der Waals surface area contributed by atoms with Crippen LogP contribution in [0.2, 0.25) is 0 Å². The number of piperazine rings is 1. The molecule has 1 unspecified atom stereocenters. The molecule has 0 aromatic carbocycles. The minimum atomic E-state index is 0.331. The minimum absolute atomic E-state index is 0.331. The van der Waals surface area contributed by atoms with Gasteiger partial charge in [-0.2, -0.15) is 0 Å². The smallest absolute Gasteiger partial charge is 0.0243 e. The SMILES string of the molecule is CCNC(CN1CCN(CCN(C)C)CC1)C(C)(C)C. The van der Waals surface area contributed by atoms with Gasteiger partial charge >= 0.3 is 0 Å². The third-order valence-corrected chi connectivity index (χ3v) is 4.27. The van der Waals surface area contributed by atoms with Crippen LogP contribution in [0.3, 0.4) is 0 Å². The Bertz CT molecular complexity index is 252. The zero-order valence-corrected chi connectivity index (χ0v) is 14.6. The summed E-state index contributed by atoms with van der Waals surface area (Å²) < 4.78 is 0. The van der Waals surface area contributed by atoms with Crippen molar-refractivity contribution in [2.45, 2.75) is 33.7 Å². The van der Waals surface area contributed by atoms with Crippen LogP contribution in [0.4, 0.5) is 0 Å². The Labute approximate surface area is 126 Å². The molecule has 0 spiro atoms. The average Bonchev–Trinajstić information content (AvgIpc) is 2.36. The molecule has 4 heteroatoms. The van der Waals surface area contributed by atoms with Crippen LogP contribution < -0.4 is 5.32 Å². The maximum atomic E-state index is 3.66. The van der Waals surface area contributed by atoms with Gasteiger partial charge in [0.25, 0.3) is 0 Å². The van der Waals surface area contributed by atoms with Crippen molar-refractivity contribution in [3.63, 3.8) is 0 Å². The summed E-state index contributed by atoms with van der Waals surface area (Å²) in [6.07, 6.45) is 0. The molecule has 0 amide bonds. The Morgan fingerprint density at radius 1 is 1.05 bits per heavy atom. The number of hydrogen-bond acceptors (Lipinski definition) is 4. The predicted octanol–water partition coefficient (Wildman–Crippen LogP) is 1.19. The first-order chi connectivity index (χ1) is 9.32. The molecular weight excluding hydrogens is 248 g/mol. The van der Waals surface area contributed by atoms with Gasteiger partial charge in [-0.1, -0.05) is 27.7 Å². The van der Waals surface area contributed by atoms with Crippen LogP contribution >= 0.6 is 0 Å². The van der Waals surface area contributed by atoms with Gasteiger partial charge in [0, 0.05) is 51.9 Å². The number of nitrogens with zero attached hydrogens (tertiary/aromatic N) is 3. The van der Waals surface area contributed by atoms with Crippen LogP contribution in [0.15, 0.2) is 0 Å². The second kappa shape index (κ2) is 8.32. The molecule has 1 N–H and O–H groups in total. The fourth-order valence-corrected chi connectivity index (χ4v) is 2.69. The maximum absolute atomic E-state index is 3.66. The van der Waals surface area contributed by atoms with E-state index in [9.17, 15) is 0 Å². The number of rotatable bonds is 7. The number of nitrogens with one attached hydrogen (secondary N) is 1. The molecule has 1 aliphatic heterocycles. The molecule has 1 fully saturated rings. The van der Waals surface area contributed by atoms with Crippen molar-refractivity contribution < 1.29 is 0 Å². The minimum Gasteiger partial charge on any atom is -0.312 e. The Morgan fingerprint density at radius 2 is 1.60 bits per heavy atom. The molecule has 20 heavy (non-hydrogen) atoms. The lowest BCUT2D eigenvalue weighted by Gasteiger charge is -2.40. The standard InChI is InChI=1S/C16H36N4/c1-7-17-15(16(2,3)4)14-20-12-10-19(11-13-20)9-8-18(5)6/h15,17H,7-14H2,1-6H3. The molecule has 1 heterocycles. The molecule has 120 valence electrons. The number of hydrogen-bond donors (Lipinski definition) is 1. The fourth-order valence-electron chi connectivity index (χ4n) is 2.69. The van der Waals surface area contributed by atoms with Crippen molar-refractivity contribution in [1.82, 2.24) is 20.0 Å². The summed E-state index contributed by atoms with van der Waals surface area (Å²) >= 11 is 0. The Hall–Kier alpha value is -0.160. The molecule has 0 aliphatic carbocycles. The van der Waals surface area contributed by atoms with Gasteiger partial charge in [-0.25, -0.2) is 0 Å². The molecule has 0 aromatic rings. The van der Waals surface area contributed by atoms with Gasteiger partial charge in [-0.05, 0) is 26.1 Å². The summed E-state index contributed by atoms with van der Waals surface area (Å²) in [6.45, 7) is 18.7. The van der Waals surface area contributed by atoms with E-state index in [1.54, 1.807) is 0 Å². The quantitative estimate of drug-likeness (QED) is 0.758. The molecule has 4 nitrogen and oxygen atoms in total. The summed E-state index contributed by atoms with van der Waals surface area (Å²) in [4.78, 5) is 7.49. The largest absolute Gasteiger partial charge is 0.312 e. The highest BCUT2D eigenvalue weighted by atomic mass is 15.3. The van der Waals surface area contributed by atoms with E-state index in [1.807, 2.05) is 0 Å². The van der Waals surface area contributed by atoms with E-state index in [-0.39, 0.29) is 0 Å². The van der Waals surface area contributed by atoms with Crippen molar-refractivity contribution in [1.29, 1.82) is 0 Å². The van der Waals surface area contributed by atoms with Crippen LogP contribution in [0.1, 0.15) is 27.7 Å². The Kier molecular flexibility index (Phi) is 7.45. The normalized spacial score (nSPS) is 20.6. The molecule has 0 saturated carbocycles. The Balaban J connectivity index is 2.33. The third-order valence-electron chi connectivity index (χ3n) is 4.27. The lowest BCUT2D eigenvalue weighted by atomic mass is 9.86. The van der Waals surface area contributed by atoms with E-state index in [0.29, 0.717) is 11.5 Å². The topological polar surface area (TPSA) is 21.8 Å². The molecule has 1 rings (SSSR count). The van der Waals surface area contributed by atoms with Crippen LogP contribution in [0, 0.1) is 5.41 Å². The Morgan fingerprint density at radius 3 is 2.05 bits per heavy atom. The summed E-state index contributed by atoms with van der Waals surface area (Å²) in [5.41, 5.74) is 0.331. The van der Waals surface area contributed by atoms with E-state index in [0.717, 1.165) is 6.54 Å². The van der Waals surface area contributed by atoms with Gasteiger partial charge in [0.15, 0.2) is 0 Å². The van der Waals surface area contributed by atoms with Crippen LogP contribution in [-0.4, -0.2) is 87.2 Å². The number of likely N-dealkylation sites (N-methyl/N-ethyl adjacent to an activating group) is 2. The molecule has 1 saturated heterocycles. The monoisotopic (exact) mass is 284 g/mol. The maximum Gasteiger partial charge on any atom is 0.0243 e. The first-order valence-electron chi connectivity index (χ1n) is 8.15. The van der Waals surface area contributed by atoms with Gasteiger partial charge in [-0.3, -0.25) is 9.80 Å². The van der Waals surface area contributed by atoms with Gasteiger partial charge in [0.05, 0.1) is 0 Å². The van der Waals surface area contributed by atoms with Gasteiger partial charge in [-0.15, -0.1) is 0 Å². The van der Waals surface area contributed by atoms with E-state index in [2.05, 4.69) is 61.8 Å². The first kappa shape index (κ1) is 17.9. The summed E-state index contributed by atoms with van der Waals surface area (Å²) in [7, 11) is 4.31. The molecule has 1 aliphatic rings. The summed E-state index contributed by atoms with van der Waals surface area (Å²) in [5, 5.41) is 3.66. The van der Waals surface area contributed by atoms with E-state index >= 15 is 0 Å². The predicted molar refractivity (Wildman–Crippen MR) is 88.4 cm³/mol. The highest BCUT2D eigenvalue weighted by Crippen LogP contribution is 2.20. The summed E-state index contributed by atoms with van der Waals surface area (Å²) in [5.74, 6) is 0. The highest BCUT2D eigenvalue weighted by molar-refractivity contribution is 4.85. The lowest BCUT2D eigenvalue weighted by molar-refractivity contribution is 0.0989. The van der Waals surface area contributed by atoms with Crippen molar-refractivity contribution in [3.8, 4) is 0 Å². The van der Waals surface area contributed by atoms with Crippen molar-refractivity contribution in [2.24, 2.45) is 5.41 Å². The van der Waals surface area contributed by atoms with E-state index in [1.165, 1.54) is 45.8 Å². The fraction of sp³-hybridized carbons (Fsp3) is 1.00. The van der Waals surface area contributed by atoms with E-state index < -0.39 is 0 Å². The molecule has 0 bridgehead atoms. The van der Waals surface area contributed by atoms with Crippen LogP contribution in [0.5, 0.6) is 0 Å². The lowest BCUT2D eigenvalue weighted by Crippen LogP contribution is -2.54. The van der Waals surface area contributed by atoms with Crippen molar-refractivity contribution in [2.75, 3.05) is 66.5 Å². The molecule has 0 radical (unpaired) electrons. The zero-order valence-electron chi connectivity index (χ0n) is 14.6. The second-order valence-corrected chi connectivity index (χ2v) is 7.42. The average molecular weight is 284 g/mol. The molecule has 1 atom stereocenters. The zero-order chi connectivity index (χ0) is 15.2.